The molecule has 16 heavy (non-hydrogen) atoms. The second-order valence-corrected chi connectivity index (χ2v) is 3.70. The summed E-state index contributed by atoms with van der Waals surface area (Å²) in [6.45, 7) is 0. The quantitative estimate of drug-likeness (QED) is 0.755. The number of anilines is 1. The van der Waals surface area contributed by atoms with Gasteiger partial charge in [0.05, 0.1) is 6.20 Å². The van der Waals surface area contributed by atoms with Gasteiger partial charge in [-0.15, -0.1) is 5.10 Å². The fourth-order valence-electron chi connectivity index (χ4n) is 1.15. The molecule has 0 aliphatic rings. The number of hydrogen-bond donors (Lipinski definition) is 0. The minimum atomic E-state index is 0.148. The average Bonchev–Trinajstić information content (AvgIpc) is 2.63. The molecule has 0 aromatic carbocycles. The first-order valence-corrected chi connectivity index (χ1v) is 4.89. The van der Waals surface area contributed by atoms with Gasteiger partial charge in [0.2, 0.25) is 11.2 Å². The van der Waals surface area contributed by atoms with E-state index < -0.39 is 0 Å². The van der Waals surface area contributed by atoms with Crippen LogP contribution in [0.3, 0.4) is 0 Å². The van der Waals surface area contributed by atoms with Crippen LogP contribution in [0.5, 0.6) is 0 Å². The van der Waals surface area contributed by atoms with Crippen LogP contribution in [0.15, 0.2) is 6.20 Å². The zero-order chi connectivity index (χ0) is 11.7. The van der Waals surface area contributed by atoms with Gasteiger partial charge in [0.1, 0.15) is 5.69 Å². The lowest BCUT2D eigenvalue weighted by Gasteiger charge is -2.10. The third kappa shape index (κ3) is 1.94. The molecule has 0 atom stereocenters. The SMILES string of the molecule is CN(C)c1nc(Cl)nc(-c2cnnn2C)n1. The maximum Gasteiger partial charge on any atom is 0.229 e. The minimum absolute atomic E-state index is 0.148. The summed E-state index contributed by atoms with van der Waals surface area (Å²) in [5.41, 5.74) is 0.687. The van der Waals surface area contributed by atoms with Gasteiger partial charge in [-0.2, -0.15) is 15.0 Å². The molecule has 0 N–H and O–H groups in total. The highest BCUT2D eigenvalue weighted by molar-refractivity contribution is 6.28. The second-order valence-electron chi connectivity index (χ2n) is 3.37. The number of aryl methyl sites for hydroxylation is 1. The summed E-state index contributed by atoms with van der Waals surface area (Å²) >= 11 is 5.82. The zero-order valence-corrected chi connectivity index (χ0v) is 9.84. The Morgan fingerprint density at radius 3 is 2.56 bits per heavy atom. The van der Waals surface area contributed by atoms with E-state index >= 15 is 0 Å². The molecule has 2 heterocycles. The first kappa shape index (κ1) is 10.7. The van der Waals surface area contributed by atoms with Crippen molar-refractivity contribution in [2.24, 2.45) is 7.05 Å². The molecule has 2 rings (SSSR count). The van der Waals surface area contributed by atoms with Gasteiger partial charge in [0.15, 0.2) is 5.82 Å². The van der Waals surface area contributed by atoms with Crippen LogP contribution in [0.4, 0.5) is 5.95 Å². The van der Waals surface area contributed by atoms with E-state index in [1.165, 1.54) is 0 Å². The summed E-state index contributed by atoms with van der Waals surface area (Å²) in [6, 6.07) is 0. The predicted molar refractivity (Wildman–Crippen MR) is 59.2 cm³/mol. The molecular weight excluding hydrogens is 230 g/mol. The number of aromatic nitrogens is 6. The van der Waals surface area contributed by atoms with Gasteiger partial charge < -0.3 is 4.90 Å². The topological polar surface area (TPSA) is 72.6 Å². The Morgan fingerprint density at radius 2 is 2.00 bits per heavy atom. The largest absolute Gasteiger partial charge is 0.347 e. The van der Waals surface area contributed by atoms with E-state index in [2.05, 4.69) is 25.3 Å². The highest BCUT2D eigenvalue weighted by atomic mass is 35.5. The van der Waals surface area contributed by atoms with Crippen LogP contribution in [0.2, 0.25) is 5.28 Å². The lowest BCUT2D eigenvalue weighted by Crippen LogP contribution is -2.14. The highest BCUT2D eigenvalue weighted by Gasteiger charge is 2.11. The highest BCUT2D eigenvalue weighted by Crippen LogP contribution is 2.16. The van der Waals surface area contributed by atoms with E-state index in [-0.39, 0.29) is 5.28 Å². The molecule has 7 nitrogen and oxygen atoms in total. The molecule has 0 fully saturated rings. The van der Waals surface area contributed by atoms with Crippen molar-refractivity contribution in [3.8, 4) is 11.5 Å². The maximum absolute atomic E-state index is 5.82. The van der Waals surface area contributed by atoms with E-state index in [4.69, 9.17) is 11.6 Å². The third-order valence-electron chi connectivity index (χ3n) is 1.94. The molecule has 0 aliphatic carbocycles. The van der Waals surface area contributed by atoms with Crippen LogP contribution in [-0.2, 0) is 7.05 Å². The number of halogens is 1. The Kier molecular flexibility index (Phi) is 2.69. The summed E-state index contributed by atoms with van der Waals surface area (Å²) in [5, 5.41) is 7.71. The monoisotopic (exact) mass is 239 g/mol. The first-order valence-electron chi connectivity index (χ1n) is 4.52. The van der Waals surface area contributed by atoms with Crippen LogP contribution < -0.4 is 4.90 Å². The maximum atomic E-state index is 5.82. The second kappa shape index (κ2) is 4.01. The lowest BCUT2D eigenvalue weighted by atomic mass is 10.4. The van der Waals surface area contributed by atoms with Crippen molar-refractivity contribution in [3.05, 3.63) is 11.5 Å². The van der Waals surface area contributed by atoms with Gasteiger partial charge in [-0.25, -0.2) is 4.68 Å². The Balaban J connectivity index is 2.54. The van der Waals surface area contributed by atoms with Crippen molar-refractivity contribution >= 4 is 17.5 Å². The van der Waals surface area contributed by atoms with Crippen LogP contribution in [0.25, 0.3) is 11.5 Å². The molecule has 84 valence electrons. The summed E-state index contributed by atoms with van der Waals surface area (Å²) in [6.07, 6.45) is 1.57. The first-order chi connectivity index (χ1) is 7.58. The standard InChI is InChI=1S/C8H10ClN7/c1-15(2)8-12-6(11-7(9)13-8)5-4-10-14-16(5)3/h4H,1-3H3. The van der Waals surface area contributed by atoms with Crippen molar-refractivity contribution in [2.75, 3.05) is 19.0 Å². The predicted octanol–water partition coefficient (Wildman–Crippen LogP) is 0.386. The lowest BCUT2D eigenvalue weighted by molar-refractivity contribution is 0.716. The van der Waals surface area contributed by atoms with Gasteiger partial charge in [0, 0.05) is 21.1 Å². The minimum Gasteiger partial charge on any atom is -0.347 e. The summed E-state index contributed by atoms with van der Waals surface area (Å²) < 4.78 is 1.57. The summed E-state index contributed by atoms with van der Waals surface area (Å²) in [7, 11) is 5.42. The molecule has 8 heteroatoms. The van der Waals surface area contributed by atoms with Gasteiger partial charge >= 0.3 is 0 Å². The van der Waals surface area contributed by atoms with Crippen LogP contribution in [0.1, 0.15) is 0 Å². The van der Waals surface area contributed by atoms with Gasteiger partial charge in [0.25, 0.3) is 0 Å². The molecular formula is C8H10ClN7. The summed E-state index contributed by atoms with van der Waals surface area (Å²) in [5.74, 6) is 0.951. The molecule has 2 aromatic heterocycles. The number of rotatable bonds is 2. The van der Waals surface area contributed by atoms with Crippen molar-refractivity contribution in [2.45, 2.75) is 0 Å². The molecule has 0 unspecified atom stereocenters. The van der Waals surface area contributed by atoms with Gasteiger partial charge in [-0.1, -0.05) is 5.21 Å². The van der Waals surface area contributed by atoms with E-state index in [1.807, 2.05) is 14.1 Å². The van der Waals surface area contributed by atoms with Crippen molar-refractivity contribution < 1.29 is 0 Å². The zero-order valence-electron chi connectivity index (χ0n) is 9.09. The van der Waals surface area contributed by atoms with Gasteiger partial charge in [-0.3, -0.25) is 0 Å². The Morgan fingerprint density at radius 1 is 1.25 bits per heavy atom. The van der Waals surface area contributed by atoms with Crippen molar-refractivity contribution in [1.82, 2.24) is 29.9 Å². The molecule has 0 saturated heterocycles. The van der Waals surface area contributed by atoms with E-state index in [0.29, 0.717) is 17.5 Å². The normalized spacial score (nSPS) is 10.5. The van der Waals surface area contributed by atoms with Gasteiger partial charge in [-0.05, 0) is 11.6 Å². The van der Waals surface area contributed by atoms with Crippen LogP contribution in [0, 0.1) is 0 Å². The van der Waals surface area contributed by atoms with Crippen molar-refractivity contribution in [3.63, 3.8) is 0 Å². The molecule has 0 amide bonds. The molecule has 0 saturated carbocycles. The average molecular weight is 240 g/mol. The molecule has 2 aromatic rings. The number of nitrogens with zero attached hydrogens (tertiary/aromatic N) is 7. The van der Waals surface area contributed by atoms with E-state index in [0.717, 1.165) is 0 Å². The third-order valence-corrected chi connectivity index (χ3v) is 2.11. The Bertz CT molecular complexity index is 507. The molecule has 0 radical (unpaired) electrons. The number of hydrogen-bond acceptors (Lipinski definition) is 6. The van der Waals surface area contributed by atoms with E-state index in [9.17, 15) is 0 Å². The molecule has 0 spiro atoms. The Labute approximate surface area is 97.1 Å². The van der Waals surface area contributed by atoms with E-state index in [1.54, 1.807) is 22.8 Å². The smallest absolute Gasteiger partial charge is 0.229 e. The molecule has 0 bridgehead atoms. The Hall–Kier alpha value is -1.76. The van der Waals surface area contributed by atoms with Crippen LogP contribution in [-0.4, -0.2) is 44.0 Å². The fraction of sp³-hybridized carbons (Fsp3) is 0.375. The molecule has 0 aliphatic heterocycles. The summed E-state index contributed by atoms with van der Waals surface area (Å²) in [4.78, 5) is 14.0. The van der Waals surface area contributed by atoms with Crippen LogP contribution >= 0.6 is 11.6 Å². The van der Waals surface area contributed by atoms with Crippen molar-refractivity contribution in [1.29, 1.82) is 0 Å². The fourth-order valence-corrected chi connectivity index (χ4v) is 1.30.